The molecule has 0 amide bonds. The van der Waals surface area contributed by atoms with Crippen molar-refractivity contribution in [2.75, 3.05) is 0 Å². The number of alkyl halides is 1. The highest BCUT2D eigenvalue weighted by molar-refractivity contribution is 7.09. The van der Waals surface area contributed by atoms with Crippen molar-refractivity contribution in [3.8, 4) is 5.75 Å². The second-order valence-electron chi connectivity index (χ2n) is 3.90. The zero-order valence-electron chi connectivity index (χ0n) is 10.2. The topological polar surface area (TPSA) is 22.1 Å². The number of benzene rings is 1. The van der Waals surface area contributed by atoms with Crippen molar-refractivity contribution in [3.05, 3.63) is 45.9 Å². The molecule has 0 radical (unpaired) electrons. The van der Waals surface area contributed by atoms with Gasteiger partial charge in [0.15, 0.2) is 11.6 Å². The van der Waals surface area contributed by atoms with E-state index in [1.165, 1.54) is 17.4 Å². The van der Waals surface area contributed by atoms with Crippen LogP contribution in [-0.4, -0.2) is 4.98 Å². The highest BCUT2D eigenvalue weighted by Gasteiger charge is 2.17. The Balaban J connectivity index is 2.18. The van der Waals surface area contributed by atoms with E-state index in [0.717, 1.165) is 22.8 Å². The molecule has 0 spiro atoms. The highest BCUT2D eigenvalue weighted by Crippen LogP contribution is 2.29. The molecule has 6 heteroatoms. The molecule has 0 aliphatic heterocycles. The number of ether oxygens (including phenoxy) is 1. The molecule has 102 valence electrons. The van der Waals surface area contributed by atoms with E-state index in [1.807, 2.05) is 12.3 Å². The molecule has 2 aromatic rings. The molecule has 0 saturated carbocycles. The fourth-order valence-electron chi connectivity index (χ4n) is 1.56. The van der Waals surface area contributed by atoms with Crippen molar-refractivity contribution >= 4 is 22.9 Å². The number of nitrogens with zero attached hydrogens (tertiary/aromatic N) is 1. The summed E-state index contributed by atoms with van der Waals surface area (Å²) in [5.41, 5.74) is 0.767. The van der Waals surface area contributed by atoms with E-state index in [2.05, 4.69) is 4.98 Å². The second kappa shape index (κ2) is 6.30. The fourth-order valence-corrected chi connectivity index (χ4v) is 2.72. The molecular formula is C13H12ClF2NOS. The standard InChI is InChI=1S/C13H12ClF2NOS/c1-2-11(13-17-9(6-14)7-19-13)18-12-4-3-8(15)5-10(12)16/h3-5,7,11H,2,6H2,1H3. The normalized spacial score (nSPS) is 12.4. The lowest BCUT2D eigenvalue weighted by Crippen LogP contribution is -2.07. The Bertz CT molecular complexity index is 561. The van der Waals surface area contributed by atoms with Gasteiger partial charge in [-0.15, -0.1) is 22.9 Å². The van der Waals surface area contributed by atoms with E-state index < -0.39 is 11.6 Å². The summed E-state index contributed by atoms with van der Waals surface area (Å²) in [6.07, 6.45) is 0.272. The maximum absolute atomic E-state index is 13.5. The van der Waals surface area contributed by atoms with E-state index in [1.54, 1.807) is 0 Å². The Morgan fingerprint density at radius 3 is 2.79 bits per heavy atom. The zero-order valence-corrected chi connectivity index (χ0v) is 11.8. The van der Waals surface area contributed by atoms with Crippen molar-refractivity contribution in [2.45, 2.75) is 25.3 Å². The van der Waals surface area contributed by atoms with Crippen LogP contribution in [0.4, 0.5) is 8.78 Å². The fraction of sp³-hybridized carbons (Fsp3) is 0.308. The van der Waals surface area contributed by atoms with E-state index in [9.17, 15) is 8.78 Å². The molecular weight excluding hydrogens is 292 g/mol. The summed E-state index contributed by atoms with van der Waals surface area (Å²) < 4.78 is 31.9. The van der Waals surface area contributed by atoms with Gasteiger partial charge in [0.05, 0.1) is 11.6 Å². The van der Waals surface area contributed by atoms with Gasteiger partial charge in [0.2, 0.25) is 0 Å². The van der Waals surface area contributed by atoms with Gasteiger partial charge < -0.3 is 4.74 Å². The lowest BCUT2D eigenvalue weighted by atomic mass is 10.2. The Morgan fingerprint density at radius 1 is 1.42 bits per heavy atom. The van der Waals surface area contributed by atoms with Crippen LogP contribution in [0.25, 0.3) is 0 Å². The molecule has 1 unspecified atom stereocenters. The molecule has 0 N–H and O–H groups in total. The van der Waals surface area contributed by atoms with E-state index in [0.29, 0.717) is 12.3 Å². The molecule has 1 aromatic heterocycles. The number of aromatic nitrogens is 1. The minimum absolute atomic E-state index is 0.0240. The van der Waals surface area contributed by atoms with Gasteiger partial charge in [-0.2, -0.15) is 0 Å². The average molecular weight is 304 g/mol. The van der Waals surface area contributed by atoms with Crippen LogP contribution in [0.15, 0.2) is 23.6 Å². The first-order valence-corrected chi connectivity index (χ1v) is 7.17. The number of thiazole rings is 1. The zero-order chi connectivity index (χ0) is 13.8. The third-order valence-corrected chi connectivity index (χ3v) is 3.78. The lowest BCUT2D eigenvalue weighted by molar-refractivity contribution is 0.191. The van der Waals surface area contributed by atoms with Crippen LogP contribution in [0.2, 0.25) is 0 Å². The van der Waals surface area contributed by atoms with Crippen molar-refractivity contribution in [3.63, 3.8) is 0 Å². The van der Waals surface area contributed by atoms with Crippen LogP contribution < -0.4 is 4.74 Å². The minimum atomic E-state index is -0.715. The van der Waals surface area contributed by atoms with Crippen molar-refractivity contribution in [1.82, 2.24) is 4.98 Å². The van der Waals surface area contributed by atoms with Crippen LogP contribution in [0.5, 0.6) is 5.75 Å². The maximum atomic E-state index is 13.5. The molecule has 0 aliphatic rings. The average Bonchev–Trinajstić information content (AvgIpc) is 2.86. The summed E-state index contributed by atoms with van der Waals surface area (Å²) in [6, 6.07) is 3.24. The number of rotatable bonds is 5. The van der Waals surface area contributed by atoms with Gasteiger partial charge in [-0.25, -0.2) is 13.8 Å². The molecule has 0 aliphatic carbocycles. The molecule has 2 nitrogen and oxygen atoms in total. The van der Waals surface area contributed by atoms with Crippen LogP contribution in [0.3, 0.4) is 0 Å². The predicted molar refractivity (Wildman–Crippen MR) is 71.7 cm³/mol. The molecule has 0 bridgehead atoms. The van der Waals surface area contributed by atoms with Crippen LogP contribution in [0.1, 0.15) is 30.2 Å². The maximum Gasteiger partial charge on any atom is 0.168 e. The molecule has 2 rings (SSSR count). The van der Waals surface area contributed by atoms with E-state index >= 15 is 0 Å². The Kier molecular flexibility index (Phi) is 4.71. The Hall–Kier alpha value is -1.20. The number of halogens is 3. The van der Waals surface area contributed by atoms with E-state index in [-0.39, 0.29) is 11.9 Å². The predicted octanol–water partition coefficient (Wildman–Crippen LogP) is 4.69. The quantitative estimate of drug-likeness (QED) is 0.748. The number of hydrogen-bond acceptors (Lipinski definition) is 3. The lowest BCUT2D eigenvalue weighted by Gasteiger charge is -2.15. The molecule has 19 heavy (non-hydrogen) atoms. The van der Waals surface area contributed by atoms with Gasteiger partial charge in [0, 0.05) is 11.4 Å². The summed E-state index contributed by atoms with van der Waals surface area (Å²) in [4.78, 5) is 4.31. The Labute approximate surface area is 119 Å². The third kappa shape index (κ3) is 3.42. The van der Waals surface area contributed by atoms with E-state index in [4.69, 9.17) is 16.3 Å². The monoisotopic (exact) mass is 303 g/mol. The molecule has 0 saturated heterocycles. The van der Waals surface area contributed by atoms with Crippen molar-refractivity contribution < 1.29 is 13.5 Å². The molecule has 0 fully saturated rings. The first-order valence-electron chi connectivity index (χ1n) is 5.76. The Morgan fingerprint density at radius 2 is 2.21 bits per heavy atom. The van der Waals surface area contributed by atoms with Crippen molar-refractivity contribution in [1.29, 1.82) is 0 Å². The summed E-state index contributed by atoms with van der Waals surface area (Å²) >= 11 is 7.11. The SMILES string of the molecule is CCC(Oc1ccc(F)cc1F)c1nc(CCl)cs1. The largest absolute Gasteiger partial charge is 0.480 e. The smallest absolute Gasteiger partial charge is 0.168 e. The van der Waals surface area contributed by atoms with Gasteiger partial charge in [-0.3, -0.25) is 0 Å². The molecule has 1 heterocycles. The molecule has 1 aromatic carbocycles. The van der Waals surface area contributed by atoms with Crippen LogP contribution >= 0.6 is 22.9 Å². The minimum Gasteiger partial charge on any atom is -0.480 e. The van der Waals surface area contributed by atoms with Gasteiger partial charge >= 0.3 is 0 Å². The summed E-state index contributed by atoms with van der Waals surface area (Å²) in [5.74, 6) is -0.988. The van der Waals surface area contributed by atoms with Gasteiger partial charge in [-0.05, 0) is 18.6 Å². The summed E-state index contributed by atoms with van der Waals surface area (Å²) in [7, 11) is 0. The van der Waals surface area contributed by atoms with Crippen molar-refractivity contribution in [2.24, 2.45) is 0 Å². The van der Waals surface area contributed by atoms with Gasteiger partial charge in [-0.1, -0.05) is 6.92 Å². The molecule has 1 atom stereocenters. The summed E-state index contributed by atoms with van der Waals surface area (Å²) in [5, 5.41) is 2.58. The van der Waals surface area contributed by atoms with Crippen LogP contribution in [-0.2, 0) is 5.88 Å². The number of hydrogen-bond donors (Lipinski definition) is 0. The first-order chi connectivity index (χ1) is 9.13. The summed E-state index contributed by atoms with van der Waals surface area (Å²) in [6.45, 7) is 1.91. The second-order valence-corrected chi connectivity index (χ2v) is 5.06. The van der Waals surface area contributed by atoms with Crippen LogP contribution in [0, 0.1) is 11.6 Å². The first kappa shape index (κ1) is 14.2. The van der Waals surface area contributed by atoms with Gasteiger partial charge in [0.1, 0.15) is 16.9 Å². The third-order valence-electron chi connectivity index (χ3n) is 2.52. The van der Waals surface area contributed by atoms with Gasteiger partial charge in [0.25, 0.3) is 0 Å². The highest BCUT2D eigenvalue weighted by atomic mass is 35.5.